The van der Waals surface area contributed by atoms with Crippen molar-refractivity contribution >= 4 is 35.0 Å². The third-order valence-electron chi connectivity index (χ3n) is 5.03. The van der Waals surface area contributed by atoms with Gasteiger partial charge in [0.05, 0.1) is 17.9 Å². The van der Waals surface area contributed by atoms with Gasteiger partial charge in [0.2, 0.25) is 23.6 Å². The number of para-hydroxylation sites is 2. The van der Waals surface area contributed by atoms with Gasteiger partial charge in [0.25, 0.3) is 0 Å². The highest BCUT2D eigenvalue weighted by molar-refractivity contribution is 6.10. The number of carbonyl (C=O) groups excluding carboxylic acids is 4. The van der Waals surface area contributed by atoms with Crippen LogP contribution in [0.25, 0.3) is 0 Å². The molecule has 0 aliphatic carbocycles. The summed E-state index contributed by atoms with van der Waals surface area (Å²) in [6.45, 7) is 2.68. The van der Waals surface area contributed by atoms with Crippen LogP contribution in [-0.2, 0) is 25.7 Å². The normalized spacial score (nSPS) is 12.5. The molecule has 4 amide bonds. The van der Waals surface area contributed by atoms with Gasteiger partial charge in [0, 0.05) is 25.9 Å². The molecule has 8 nitrogen and oxygen atoms in total. The minimum absolute atomic E-state index is 0.0524. The number of hydrogen-bond donors (Lipinski definition) is 2. The third kappa shape index (κ3) is 5.91. The minimum Gasteiger partial charge on any atom is -0.347 e. The Morgan fingerprint density at radius 2 is 1.74 bits per heavy atom. The fourth-order valence-electron chi connectivity index (χ4n) is 3.37. The molecule has 0 fully saturated rings. The maximum atomic E-state index is 12.6. The predicted octanol–water partition coefficient (Wildman–Crippen LogP) is 1.92. The molecule has 2 N–H and O–H groups in total. The zero-order valence-electron chi connectivity index (χ0n) is 17.5. The molecule has 0 atom stereocenters. The Balaban J connectivity index is 1.47. The average Bonchev–Trinajstić information content (AvgIpc) is 2.79. The van der Waals surface area contributed by atoms with Crippen LogP contribution in [0.3, 0.4) is 0 Å². The molecule has 0 spiro atoms. The number of fused-ring (bicyclic) bond motifs is 1. The average molecular weight is 422 g/mol. The molecule has 0 aromatic heterocycles. The number of hydrogen-bond acceptors (Lipinski definition) is 4. The second-order valence-electron chi connectivity index (χ2n) is 7.22. The van der Waals surface area contributed by atoms with E-state index in [1.807, 2.05) is 37.3 Å². The van der Waals surface area contributed by atoms with Crippen molar-refractivity contribution in [2.75, 3.05) is 29.9 Å². The minimum atomic E-state index is -0.382. The maximum absolute atomic E-state index is 12.6. The van der Waals surface area contributed by atoms with Gasteiger partial charge in [0.15, 0.2) is 0 Å². The van der Waals surface area contributed by atoms with Gasteiger partial charge < -0.3 is 20.4 Å². The van der Waals surface area contributed by atoms with Crippen LogP contribution in [-0.4, -0.2) is 48.2 Å². The zero-order chi connectivity index (χ0) is 22.2. The van der Waals surface area contributed by atoms with E-state index in [9.17, 15) is 19.2 Å². The Bertz CT molecular complexity index is 961. The summed E-state index contributed by atoms with van der Waals surface area (Å²) in [5.41, 5.74) is 2.20. The van der Waals surface area contributed by atoms with E-state index in [-0.39, 0.29) is 49.6 Å². The third-order valence-corrected chi connectivity index (χ3v) is 5.03. The lowest BCUT2D eigenvalue weighted by Crippen LogP contribution is -2.43. The Labute approximate surface area is 181 Å². The molecule has 0 unspecified atom stereocenters. The smallest absolute Gasteiger partial charge is 0.244 e. The summed E-state index contributed by atoms with van der Waals surface area (Å²) in [6.07, 6.45) is -0.111. The molecule has 1 aliphatic rings. The van der Waals surface area contributed by atoms with E-state index in [0.717, 1.165) is 5.56 Å². The number of likely N-dealkylation sites (N-methyl/N-ethyl adjacent to an activating group) is 1. The lowest BCUT2D eigenvalue weighted by Gasteiger charge is -2.29. The van der Waals surface area contributed by atoms with Crippen LogP contribution in [0.2, 0.25) is 0 Å². The molecule has 1 heterocycles. The van der Waals surface area contributed by atoms with E-state index < -0.39 is 0 Å². The van der Waals surface area contributed by atoms with Crippen LogP contribution < -0.4 is 15.5 Å². The predicted molar refractivity (Wildman–Crippen MR) is 117 cm³/mol. The fourth-order valence-corrected chi connectivity index (χ4v) is 3.37. The first kappa shape index (κ1) is 22.0. The van der Waals surface area contributed by atoms with E-state index in [2.05, 4.69) is 10.6 Å². The zero-order valence-corrected chi connectivity index (χ0v) is 17.5. The van der Waals surface area contributed by atoms with Crippen LogP contribution in [0.5, 0.6) is 0 Å². The van der Waals surface area contributed by atoms with Gasteiger partial charge in [-0.3, -0.25) is 19.2 Å². The van der Waals surface area contributed by atoms with Crippen LogP contribution >= 0.6 is 0 Å². The number of amides is 4. The maximum Gasteiger partial charge on any atom is 0.244 e. The summed E-state index contributed by atoms with van der Waals surface area (Å²) in [5.74, 6) is -1.16. The molecule has 3 rings (SSSR count). The van der Waals surface area contributed by atoms with Gasteiger partial charge in [-0.1, -0.05) is 42.5 Å². The fraction of sp³-hybridized carbons (Fsp3) is 0.304. The number of anilines is 2. The molecule has 1 aliphatic heterocycles. The number of nitrogens with one attached hydrogen (secondary N) is 2. The number of nitrogens with zero attached hydrogens (tertiary/aromatic N) is 2. The van der Waals surface area contributed by atoms with Crippen molar-refractivity contribution in [3.8, 4) is 0 Å². The summed E-state index contributed by atoms with van der Waals surface area (Å²) in [6, 6.07) is 16.7. The molecule has 8 heteroatoms. The highest BCUT2D eigenvalue weighted by atomic mass is 16.2. The van der Waals surface area contributed by atoms with Crippen molar-refractivity contribution < 1.29 is 19.2 Å². The first-order valence-electron chi connectivity index (χ1n) is 10.3. The Hall–Kier alpha value is -3.68. The first-order valence-corrected chi connectivity index (χ1v) is 10.3. The molecule has 2 aromatic carbocycles. The summed E-state index contributed by atoms with van der Waals surface area (Å²) >= 11 is 0. The van der Waals surface area contributed by atoms with Gasteiger partial charge in [0.1, 0.15) is 6.54 Å². The molecule has 0 bridgehead atoms. The van der Waals surface area contributed by atoms with Gasteiger partial charge in [-0.25, -0.2) is 0 Å². The van der Waals surface area contributed by atoms with Gasteiger partial charge in [-0.15, -0.1) is 0 Å². The molecular formula is C23H26N4O4. The second-order valence-corrected chi connectivity index (χ2v) is 7.22. The summed E-state index contributed by atoms with van der Waals surface area (Å²) < 4.78 is 0. The molecule has 162 valence electrons. The van der Waals surface area contributed by atoms with Crippen LogP contribution in [0.15, 0.2) is 54.6 Å². The largest absolute Gasteiger partial charge is 0.347 e. The summed E-state index contributed by atoms with van der Waals surface area (Å²) in [7, 11) is 0. The van der Waals surface area contributed by atoms with E-state index in [4.69, 9.17) is 0 Å². The number of rotatable bonds is 8. The molecule has 0 radical (unpaired) electrons. The van der Waals surface area contributed by atoms with Gasteiger partial charge in [-0.2, -0.15) is 0 Å². The van der Waals surface area contributed by atoms with Crippen molar-refractivity contribution in [2.45, 2.75) is 26.3 Å². The van der Waals surface area contributed by atoms with Crippen molar-refractivity contribution in [3.05, 3.63) is 60.2 Å². The number of carbonyl (C=O) groups is 4. The van der Waals surface area contributed by atoms with Crippen molar-refractivity contribution in [1.29, 1.82) is 0 Å². The van der Waals surface area contributed by atoms with E-state index >= 15 is 0 Å². The Morgan fingerprint density at radius 1 is 1.03 bits per heavy atom. The van der Waals surface area contributed by atoms with Crippen LogP contribution in [0.1, 0.15) is 25.3 Å². The Kier molecular flexibility index (Phi) is 7.37. The number of benzene rings is 2. The van der Waals surface area contributed by atoms with Crippen LogP contribution in [0, 0.1) is 0 Å². The lowest BCUT2D eigenvalue weighted by atomic mass is 10.1. The van der Waals surface area contributed by atoms with Gasteiger partial charge >= 0.3 is 0 Å². The lowest BCUT2D eigenvalue weighted by molar-refractivity contribution is -0.133. The van der Waals surface area contributed by atoms with Crippen molar-refractivity contribution in [3.63, 3.8) is 0 Å². The standard InChI is InChI=1S/C23H26N4O4/c1-2-26(15-17-8-4-3-5-9-17)23(31)14-24-20(28)12-13-22(30)27-16-21(29)25-18-10-6-7-11-19(18)27/h3-11H,2,12-16H2,1H3,(H,24,28)(H,25,29). The molecule has 0 saturated heterocycles. The quantitative estimate of drug-likeness (QED) is 0.679. The molecule has 0 saturated carbocycles. The second kappa shape index (κ2) is 10.4. The Morgan fingerprint density at radius 3 is 2.48 bits per heavy atom. The molecule has 31 heavy (non-hydrogen) atoms. The van der Waals surface area contributed by atoms with E-state index in [1.54, 1.807) is 29.2 Å². The van der Waals surface area contributed by atoms with Crippen LogP contribution in [0.4, 0.5) is 11.4 Å². The van der Waals surface area contributed by atoms with E-state index in [0.29, 0.717) is 24.5 Å². The van der Waals surface area contributed by atoms with Gasteiger partial charge in [-0.05, 0) is 24.6 Å². The van der Waals surface area contributed by atoms with Crippen molar-refractivity contribution in [2.24, 2.45) is 0 Å². The topological polar surface area (TPSA) is 98.8 Å². The summed E-state index contributed by atoms with van der Waals surface area (Å²) in [4.78, 5) is 52.1. The molecule has 2 aromatic rings. The monoisotopic (exact) mass is 422 g/mol. The summed E-state index contributed by atoms with van der Waals surface area (Å²) in [5, 5.41) is 5.31. The SMILES string of the molecule is CCN(Cc1ccccc1)C(=O)CNC(=O)CCC(=O)N1CC(=O)Nc2ccccc21. The van der Waals surface area contributed by atoms with Crippen molar-refractivity contribution in [1.82, 2.24) is 10.2 Å². The highest BCUT2D eigenvalue weighted by Gasteiger charge is 2.26. The van der Waals surface area contributed by atoms with E-state index in [1.165, 1.54) is 4.90 Å². The first-order chi connectivity index (χ1) is 15.0. The highest BCUT2D eigenvalue weighted by Crippen LogP contribution is 2.29. The molecular weight excluding hydrogens is 396 g/mol.